The van der Waals surface area contributed by atoms with Crippen molar-refractivity contribution in [2.24, 2.45) is 0 Å². The van der Waals surface area contributed by atoms with Crippen LogP contribution < -0.4 is 5.32 Å². The van der Waals surface area contributed by atoms with Crippen LogP contribution >= 0.6 is 22.9 Å². The fraction of sp³-hybridized carbons (Fsp3) is 0.190. The number of thiophene rings is 1. The molecule has 1 unspecified atom stereocenters. The van der Waals surface area contributed by atoms with Gasteiger partial charge in [0.05, 0.1) is 17.5 Å². The summed E-state index contributed by atoms with van der Waals surface area (Å²) >= 11 is 7.75. The van der Waals surface area contributed by atoms with Crippen LogP contribution in [-0.4, -0.2) is 29.3 Å². The van der Waals surface area contributed by atoms with Gasteiger partial charge in [0.25, 0.3) is 5.69 Å². The van der Waals surface area contributed by atoms with Crippen LogP contribution in [0.3, 0.4) is 0 Å². The number of nitro groups is 1. The van der Waals surface area contributed by atoms with Gasteiger partial charge in [-0.05, 0) is 35.7 Å². The average molecular weight is 430 g/mol. The van der Waals surface area contributed by atoms with Gasteiger partial charge in [-0.1, -0.05) is 48.0 Å². The highest BCUT2D eigenvalue weighted by atomic mass is 35.5. The van der Waals surface area contributed by atoms with Gasteiger partial charge in [0.2, 0.25) is 5.91 Å². The topological polar surface area (TPSA) is 75.5 Å². The fourth-order valence-electron chi connectivity index (χ4n) is 3.01. The first-order valence-electron chi connectivity index (χ1n) is 8.93. The first kappa shape index (κ1) is 21.0. The summed E-state index contributed by atoms with van der Waals surface area (Å²) < 4.78 is 0. The van der Waals surface area contributed by atoms with E-state index in [9.17, 15) is 14.9 Å². The van der Waals surface area contributed by atoms with Gasteiger partial charge in [-0.3, -0.25) is 19.8 Å². The van der Waals surface area contributed by atoms with Crippen molar-refractivity contribution in [1.82, 2.24) is 10.2 Å². The van der Waals surface area contributed by atoms with Gasteiger partial charge in [0.1, 0.15) is 0 Å². The minimum Gasteiger partial charge on any atom is -0.343 e. The highest BCUT2D eigenvalue weighted by Crippen LogP contribution is 2.26. The van der Waals surface area contributed by atoms with Crippen LogP contribution in [0.4, 0.5) is 5.69 Å². The molecule has 0 saturated heterocycles. The summed E-state index contributed by atoms with van der Waals surface area (Å²) in [7, 11) is 1.78. The Kier molecular flexibility index (Phi) is 6.98. The van der Waals surface area contributed by atoms with Gasteiger partial charge in [-0.25, -0.2) is 0 Å². The van der Waals surface area contributed by atoms with Crippen LogP contribution in [0.1, 0.15) is 22.0 Å². The van der Waals surface area contributed by atoms with E-state index in [1.165, 1.54) is 18.2 Å². The smallest absolute Gasteiger partial charge is 0.269 e. The van der Waals surface area contributed by atoms with Crippen molar-refractivity contribution in [3.63, 3.8) is 0 Å². The standard InChI is InChI=1S/C21H20ClN3O3S/c1-24(13-16-12-17(25(27)28)9-10-18(16)22)14-20(26)23-21(19-8-5-11-29-19)15-6-3-2-4-7-15/h2-12,21H,13-14H2,1H3,(H,23,26). The molecule has 1 amide bonds. The van der Waals surface area contributed by atoms with Crippen LogP contribution in [0.2, 0.25) is 5.02 Å². The molecule has 1 N–H and O–H groups in total. The van der Waals surface area contributed by atoms with E-state index < -0.39 is 4.92 Å². The maximum atomic E-state index is 12.7. The Balaban J connectivity index is 1.67. The molecule has 0 saturated carbocycles. The van der Waals surface area contributed by atoms with E-state index in [-0.39, 0.29) is 24.2 Å². The van der Waals surface area contributed by atoms with E-state index in [0.29, 0.717) is 17.1 Å². The SMILES string of the molecule is CN(CC(=O)NC(c1ccccc1)c1cccs1)Cc1cc([N+](=O)[O-])ccc1Cl. The molecule has 2 aromatic carbocycles. The number of halogens is 1. The molecule has 0 aliphatic carbocycles. The van der Waals surface area contributed by atoms with Crippen LogP contribution in [0.25, 0.3) is 0 Å². The average Bonchev–Trinajstić information content (AvgIpc) is 3.22. The molecule has 3 aromatic rings. The predicted octanol–water partition coefficient (Wildman–Crippen LogP) is 4.65. The summed E-state index contributed by atoms with van der Waals surface area (Å²) in [6.07, 6.45) is 0. The third kappa shape index (κ3) is 5.63. The van der Waals surface area contributed by atoms with Crippen molar-refractivity contribution in [3.8, 4) is 0 Å². The van der Waals surface area contributed by atoms with Crippen molar-refractivity contribution >= 4 is 34.5 Å². The third-order valence-corrected chi connectivity index (χ3v) is 5.67. The second-order valence-corrected chi connectivity index (χ2v) is 8.02. The molecule has 8 heteroatoms. The number of benzene rings is 2. The van der Waals surface area contributed by atoms with E-state index in [1.807, 2.05) is 47.8 Å². The minimum absolute atomic E-state index is 0.0240. The predicted molar refractivity (Wildman–Crippen MR) is 115 cm³/mol. The highest BCUT2D eigenvalue weighted by molar-refractivity contribution is 7.10. The Bertz CT molecular complexity index is 980. The lowest BCUT2D eigenvalue weighted by Gasteiger charge is -2.21. The molecule has 29 heavy (non-hydrogen) atoms. The van der Waals surface area contributed by atoms with E-state index in [1.54, 1.807) is 23.3 Å². The largest absolute Gasteiger partial charge is 0.343 e. The van der Waals surface area contributed by atoms with Gasteiger partial charge in [-0.15, -0.1) is 11.3 Å². The first-order valence-corrected chi connectivity index (χ1v) is 10.2. The first-order chi connectivity index (χ1) is 13.9. The van der Waals surface area contributed by atoms with Gasteiger partial charge >= 0.3 is 0 Å². The van der Waals surface area contributed by atoms with Gasteiger partial charge in [0, 0.05) is 28.6 Å². The van der Waals surface area contributed by atoms with E-state index >= 15 is 0 Å². The normalized spacial score (nSPS) is 12.0. The Hall–Kier alpha value is -2.74. The monoisotopic (exact) mass is 429 g/mol. The number of hydrogen-bond acceptors (Lipinski definition) is 5. The van der Waals surface area contributed by atoms with Crippen LogP contribution in [-0.2, 0) is 11.3 Å². The molecular formula is C21H20ClN3O3S. The molecule has 0 fully saturated rings. The zero-order valence-corrected chi connectivity index (χ0v) is 17.3. The maximum absolute atomic E-state index is 12.7. The molecule has 0 bridgehead atoms. The Morgan fingerprint density at radius 2 is 1.97 bits per heavy atom. The van der Waals surface area contributed by atoms with Crippen molar-refractivity contribution in [2.75, 3.05) is 13.6 Å². The molecule has 0 spiro atoms. The lowest BCUT2D eigenvalue weighted by Crippen LogP contribution is -2.37. The quantitative estimate of drug-likeness (QED) is 0.418. The Labute approximate surface area is 177 Å². The molecular weight excluding hydrogens is 410 g/mol. The third-order valence-electron chi connectivity index (χ3n) is 4.36. The molecule has 1 aromatic heterocycles. The lowest BCUT2D eigenvalue weighted by molar-refractivity contribution is -0.384. The maximum Gasteiger partial charge on any atom is 0.269 e. The van der Waals surface area contributed by atoms with E-state index in [2.05, 4.69) is 5.32 Å². The molecule has 1 atom stereocenters. The second kappa shape index (κ2) is 9.65. The fourth-order valence-corrected chi connectivity index (χ4v) is 3.99. The molecule has 0 aliphatic heterocycles. The zero-order valence-electron chi connectivity index (χ0n) is 15.7. The summed E-state index contributed by atoms with van der Waals surface area (Å²) in [5.41, 5.74) is 1.59. The number of likely N-dealkylation sites (N-methyl/N-ethyl adjacent to an activating group) is 1. The summed E-state index contributed by atoms with van der Waals surface area (Å²) in [5.74, 6) is -0.142. The summed E-state index contributed by atoms with van der Waals surface area (Å²) in [6, 6.07) is 17.8. The lowest BCUT2D eigenvalue weighted by atomic mass is 10.1. The van der Waals surface area contributed by atoms with Gasteiger partial charge < -0.3 is 5.32 Å². The van der Waals surface area contributed by atoms with E-state index in [0.717, 1.165) is 10.4 Å². The number of nitrogens with one attached hydrogen (secondary N) is 1. The van der Waals surface area contributed by atoms with Gasteiger partial charge in [-0.2, -0.15) is 0 Å². The van der Waals surface area contributed by atoms with Crippen LogP contribution in [0.5, 0.6) is 0 Å². The van der Waals surface area contributed by atoms with Crippen LogP contribution in [0, 0.1) is 10.1 Å². The summed E-state index contributed by atoms with van der Waals surface area (Å²) in [4.78, 5) is 26.0. The number of amides is 1. The number of nitro benzene ring substituents is 1. The van der Waals surface area contributed by atoms with Crippen LogP contribution in [0.15, 0.2) is 66.0 Å². The summed E-state index contributed by atoms with van der Waals surface area (Å²) in [5, 5.41) is 16.5. The number of rotatable bonds is 8. The molecule has 0 radical (unpaired) electrons. The highest BCUT2D eigenvalue weighted by Gasteiger charge is 2.19. The number of non-ortho nitro benzene ring substituents is 1. The number of nitrogens with zero attached hydrogens (tertiary/aromatic N) is 2. The minimum atomic E-state index is -0.460. The van der Waals surface area contributed by atoms with Gasteiger partial charge in [0.15, 0.2) is 0 Å². The summed E-state index contributed by atoms with van der Waals surface area (Å²) in [6.45, 7) is 0.455. The number of hydrogen-bond donors (Lipinski definition) is 1. The molecule has 1 heterocycles. The molecule has 3 rings (SSSR count). The van der Waals surface area contributed by atoms with E-state index in [4.69, 9.17) is 11.6 Å². The number of carbonyl (C=O) groups excluding carboxylic acids is 1. The zero-order chi connectivity index (χ0) is 20.8. The molecule has 0 aliphatic rings. The van der Waals surface area contributed by atoms with Crippen molar-refractivity contribution in [2.45, 2.75) is 12.6 Å². The van der Waals surface area contributed by atoms with Crippen molar-refractivity contribution in [1.29, 1.82) is 0 Å². The molecule has 150 valence electrons. The van der Waals surface area contributed by atoms with Crippen molar-refractivity contribution in [3.05, 3.63) is 97.2 Å². The molecule has 6 nitrogen and oxygen atoms in total. The number of carbonyl (C=O) groups is 1. The Morgan fingerprint density at radius 3 is 2.62 bits per heavy atom. The second-order valence-electron chi connectivity index (χ2n) is 6.63. The Morgan fingerprint density at radius 1 is 1.21 bits per heavy atom. The van der Waals surface area contributed by atoms with Crippen molar-refractivity contribution < 1.29 is 9.72 Å².